The zero-order valence-corrected chi connectivity index (χ0v) is 24.8. The first-order chi connectivity index (χ1) is 21.7. The topological polar surface area (TPSA) is 168 Å². The number of nitrogens with one attached hydrogen (secondary N) is 2. The van der Waals surface area contributed by atoms with Gasteiger partial charge in [-0.3, -0.25) is 19.7 Å². The number of nitro groups is 1. The second kappa shape index (κ2) is 14.5. The summed E-state index contributed by atoms with van der Waals surface area (Å²) in [6.07, 6.45) is 1.10. The maximum absolute atomic E-state index is 12.9. The fraction of sp³-hybridized carbons (Fsp3) is 0.0968. The van der Waals surface area contributed by atoms with Gasteiger partial charge < -0.3 is 24.3 Å². The standard InChI is InChI=1S/C31H25ClN4O9/c1-42-25-15-20(16-26(43-2)28(25)44-3)29(37)34-21-13-11-18(12-14-21)30(38)35-33-17-19-7-6-10-24(36(40)41)27(19)45-31(39)22-8-4-5-9-23(22)32/h4-17H,1-3H3,(H,34,37)(H,35,38)/b33-17+. The average Bonchev–Trinajstić information content (AvgIpc) is 3.04. The highest BCUT2D eigenvalue weighted by Gasteiger charge is 2.23. The molecule has 45 heavy (non-hydrogen) atoms. The van der Waals surface area contributed by atoms with E-state index >= 15 is 0 Å². The molecule has 0 fully saturated rings. The summed E-state index contributed by atoms with van der Waals surface area (Å²) < 4.78 is 21.2. The molecule has 230 valence electrons. The van der Waals surface area contributed by atoms with Crippen molar-refractivity contribution in [2.45, 2.75) is 0 Å². The molecule has 0 spiro atoms. The molecule has 0 atom stereocenters. The van der Waals surface area contributed by atoms with Crippen LogP contribution in [0.5, 0.6) is 23.0 Å². The van der Waals surface area contributed by atoms with Crippen molar-refractivity contribution >= 4 is 47.0 Å². The second-order valence-electron chi connectivity index (χ2n) is 8.97. The number of halogens is 1. The van der Waals surface area contributed by atoms with E-state index in [1.54, 1.807) is 12.1 Å². The molecule has 0 unspecified atom stereocenters. The van der Waals surface area contributed by atoms with Crippen LogP contribution in [0.3, 0.4) is 0 Å². The molecule has 0 aromatic heterocycles. The number of hydrogen-bond acceptors (Lipinski definition) is 10. The zero-order chi connectivity index (χ0) is 32.5. The van der Waals surface area contributed by atoms with Gasteiger partial charge in [0, 0.05) is 28.4 Å². The number of amides is 2. The van der Waals surface area contributed by atoms with Crippen LogP contribution in [0.15, 0.2) is 84.0 Å². The number of nitrogens with zero attached hydrogens (tertiary/aromatic N) is 2. The number of nitro benzene ring substituents is 1. The van der Waals surface area contributed by atoms with Gasteiger partial charge in [-0.25, -0.2) is 10.2 Å². The number of hydrogen-bond donors (Lipinski definition) is 2. The Labute approximate surface area is 261 Å². The molecule has 4 aromatic rings. The van der Waals surface area contributed by atoms with E-state index < -0.39 is 28.4 Å². The Morgan fingerprint density at radius 2 is 1.49 bits per heavy atom. The highest BCUT2D eigenvalue weighted by molar-refractivity contribution is 6.33. The summed E-state index contributed by atoms with van der Waals surface area (Å²) in [4.78, 5) is 49.2. The van der Waals surface area contributed by atoms with Crippen molar-refractivity contribution < 1.29 is 38.3 Å². The largest absolute Gasteiger partial charge is 0.493 e. The molecule has 2 amide bonds. The van der Waals surface area contributed by atoms with E-state index in [1.165, 1.54) is 82.0 Å². The summed E-state index contributed by atoms with van der Waals surface area (Å²) >= 11 is 6.06. The SMILES string of the molecule is COc1cc(C(=O)Nc2ccc(C(=O)N/N=C/c3cccc([N+](=O)[O-])c3OC(=O)c3ccccc3Cl)cc2)cc(OC)c1OC. The van der Waals surface area contributed by atoms with E-state index in [2.05, 4.69) is 15.8 Å². The molecule has 13 nitrogen and oxygen atoms in total. The van der Waals surface area contributed by atoms with Crippen molar-refractivity contribution in [3.05, 3.63) is 116 Å². The molecule has 0 aliphatic carbocycles. The molecule has 0 aliphatic rings. The molecule has 2 N–H and O–H groups in total. The van der Waals surface area contributed by atoms with E-state index in [9.17, 15) is 24.5 Å². The van der Waals surface area contributed by atoms with Crippen LogP contribution in [0.4, 0.5) is 11.4 Å². The average molecular weight is 633 g/mol. The normalized spacial score (nSPS) is 10.6. The predicted octanol–water partition coefficient (Wildman–Crippen LogP) is 5.51. The molecule has 0 bridgehead atoms. The molecule has 4 aromatic carbocycles. The molecule has 0 aliphatic heterocycles. The molecule has 0 radical (unpaired) electrons. The minimum absolute atomic E-state index is 0.0107. The summed E-state index contributed by atoms with van der Waals surface area (Å²) in [5.41, 5.74) is 2.73. The van der Waals surface area contributed by atoms with Crippen LogP contribution in [-0.4, -0.2) is 50.3 Å². The number of anilines is 1. The van der Waals surface area contributed by atoms with E-state index in [-0.39, 0.29) is 33.0 Å². The van der Waals surface area contributed by atoms with Gasteiger partial charge in [0.1, 0.15) is 0 Å². The molecule has 0 saturated heterocycles. The van der Waals surface area contributed by atoms with Crippen LogP contribution in [0.2, 0.25) is 5.02 Å². The van der Waals surface area contributed by atoms with Gasteiger partial charge in [0.25, 0.3) is 11.8 Å². The van der Waals surface area contributed by atoms with E-state index in [1.807, 2.05) is 0 Å². The number of para-hydroxylation sites is 1. The summed E-state index contributed by atoms with van der Waals surface area (Å²) in [5.74, 6) is -1.40. The molecular weight excluding hydrogens is 608 g/mol. The van der Waals surface area contributed by atoms with Crippen molar-refractivity contribution in [2.75, 3.05) is 26.6 Å². The summed E-state index contributed by atoms with van der Waals surface area (Å²) in [6, 6.07) is 19.0. The molecule has 14 heteroatoms. The lowest BCUT2D eigenvalue weighted by molar-refractivity contribution is -0.385. The summed E-state index contributed by atoms with van der Waals surface area (Å²) in [7, 11) is 4.33. The number of benzene rings is 4. The first-order valence-corrected chi connectivity index (χ1v) is 13.3. The van der Waals surface area contributed by atoms with Crippen molar-refractivity contribution in [3.8, 4) is 23.0 Å². The third kappa shape index (κ3) is 7.53. The monoisotopic (exact) mass is 632 g/mol. The lowest BCUT2D eigenvalue weighted by Crippen LogP contribution is -2.18. The van der Waals surface area contributed by atoms with Gasteiger partial charge in [-0.2, -0.15) is 5.10 Å². The van der Waals surface area contributed by atoms with Gasteiger partial charge in [-0.15, -0.1) is 0 Å². The Kier molecular flexibility index (Phi) is 10.3. The fourth-order valence-electron chi connectivity index (χ4n) is 4.02. The molecule has 0 heterocycles. The predicted molar refractivity (Wildman–Crippen MR) is 165 cm³/mol. The molecular formula is C31H25ClN4O9. The Balaban J connectivity index is 1.45. The number of carbonyl (C=O) groups excluding carboxylic acids is 3. The van der Waals surface area contributed by atoms with E-state index in [4.69, 9.17) is 30.5 Å². The van der Waals surface area contributed by atoms with Gasteiger partial charge in [-0.1, -0.05) is 29.8 Å². The van der Waals surface area contributed by atoms with Crippen molar-refractivity contribution in [1.82, 2.24) is 5.43 Å². The maximum Gasteiger partial charge on any atom is 0.345 e. The van der Waals surface area contributed by atoms with Gasteiger partial charge in [-0.05, 0) is 54.6 Å². The van der Waals surface area contributed by atoms with Crippen LogP contribution in [0.25, 0.3) is 0 Å². The summed E-state index contributed by atoms with van der Waals surface area (Å²) in [6.45, 7) is 0. The van der Waals surface area contributed by atoms with Crippen molar-refractivity contribution in [1.29, 1.82) is 0 Å². The first kappa shape index (κ1) is 32.0. The smallest absolute Gasteiger partial charge is 0.345 e. The van der Waals surface area contributed by atoms with E-state index in [0.717, 1.165) is 12.3 Å². The number of esters is 1. The molecule has 4 rings (SSSR count). The van der Waals surface area contributed by atoms with Crippen LogP contribution in [0.1, 0.15) is 36.6 Å². The van der Waals surface area contributed by atoms with Crippen LogP contribution >= 0.6 is 11.6 Å². The third-order valence-electron chi connectivity index (χ3n) is 6.21. The number of ether oxygens (including phenoxy) is 4. The fourth-order valence-corrected chi connectivity index (χ4v) is 4.23. The van der Waals surface area contributed by atoms with Crippen molar-refractivity contribution in [2.24, 2.45) is 5.10 Å². The van der Waals surface area contributed by atoms with E-state index in [0.29, 0.717) is 22.9 Å². The van der Waals surface area contributed by atoms with Crippen molar-refractivity contribution in [3.63, 3.8) is 0 Å². The van der Waals surface area contributed by atoms with Gasteiger partial charge in [0.05, 0.1) is 43.1 Å². The minimum Gasteiger partial charge on any atom is -0.493 e. The Morgan fingerprint density at radius 1 is 0.822 bits per heavy atom. The minimum atomic E-state index is -0.911. The third-order valence-corrected chi connectivity index (χ3v) is 6.54. The second-order valence-corrected chi connectivity index (χ2v) is 9.37. The Hall–Kier alpha value is -5.95. The lowest BCUT2D eigenvalue weighted by Gasteiger charge is -2.14. The highest BCUT2D eigenvalue weighted by Crippen LogP contribution is 2.38. The number of carbonyl (C=O) groups is 3. The number of methoxy groups -OCH3 is 3. The Bertz CT molecular complexity index is 1770. The Morgan fingerprint density at radius 3 is 2.09 bits per heavy atom. The number of rotatable bonds is 11. The molecule has 0 saturated carbocycles. The quantitative estimate of drug-likeness (QED) is 0.0712. The lowest BCUT2D eigenvalue weighted by atomic mass is 10.1. The van der Waals surface area contributed by atoms with Crippen LogP contribution < -0.4 is 29.7 Å². The van der Waals surface area contributed by atoms with Crippen LogP contribution in [0, 0.1) is 10.1 Å². The summed E-state index contributed by atoms with van der Waals surface area (Å²) in [5, 5.41) is 18.3. The maximum atomic E-state index is 12.9. The zero-order valence-electron chi connectivity index (χ0n) is 24.0. The van der Waals surface area contributed by atoms with Gasteiger partial charge in [0.2, 0.25) is 11.5 Å². The van der Waals surface area contributed by atoms with Gasteiger partial charge in [0.15, 0.2) is 11.5 Å². The van der Waals surface area contributed by atoms with Crippen LogP contribution in [-0.2, 0) is 0 Å². The first-order valence-electron chi connectivity index (χ1n) is 13.0. The highest BCUT2D eigenvalue weighted by atomic mass is 35.5. The number of hydrazone groups is 1. The van der Waals surface area contributed by atoms with Gasteiger partial charge >= 0.3 is 11.7 Å².